The second-order valence-electron chi connectivity index (χ2n) is 7.44. The molecule has 7 nitrogen and oxygen atoms in total. The number of benzene rings is 1. The molecule has 2 amide bonds. The number of nitrogens with one attached hydrogen (secondary N) is 2. The largest absolute Gasteiger partial charge is 0.485 e. The first-order chi connectivity index (χ1) is 16.7. The number of rotatable bonds is 10. The van der Waals surface area contributed by atoms with Crippen molar-refractivity contribution in [2.24, 2.45) is 0 Å². The number of pyridine rings is 1. The molecule has 1 unspecified atom stereocenters. The van der Waals surface area contributed by atoms with E-state index in [9.17, 15) is 36.2 Å². The lowest BCUT2D eigenvalue weighted by Gasteiger charge is -2.27. The number of carbonyl (C=O) groups is 1. The summed E-state index contributed by atoms with van der Waals surface area (Å²) >= 11 is 12.0. The molecule has 0 fully saturated rings. The molecule has 0 aliphatic heterocycles. The lowest BCUT2D eigenvalue weighted by Crippen LogP contribution is -2.53. The number of halogens is 8. The summed E-state index contributed by atoms with van der Waals surface area (Å²) in [5.74, 6) is -1.05. The van der Waals surface area contributed by atoms with Crippen LogP contribution in [0.15, 0.2) is 24.4 Å². The molecule has 0 spiro atoms. The molecule has 15 heteroatoms. The average molecular weight is 563 g/mol. The van der Waals surface area contributed by atoms with Crippen LogP contribution in [0.4, 0.5) is 31.1 Å². The Kier molecular flexibility index (Phi) is 10.5. The summed E-state index contributed by atoms with van der Waals surface area (Å²) in [6, 6.07) is 1.60. The number of hydrazine groups is 1. The monoisotopic (exact) mass is 562 g/mol. The van der Waals surface area contributed by atoms with Gasteiger partial charge in [0.2, 0.25) is 0 Å². The van der Waals surface area contributed by atoms with E-state index >= 15 is 0 Å². The molecule has 0 saturated heterocycles. The van der Waals surface area contributed by atoms with E-state index in [2.05, 4.69) is 10.3 Å². The number of nitrogens with zero attached hydrogens (tertiary/aromatic N) is 2. The number of alkyl halides is 5. The number of hydrogen-bond acceptors (Lipinski definition) is 5. The summed E-state index contributed by atoms with van der Waals surface area (Å²) in [7, 11) is 0. The number of aromatic nitrogens is 1. The fourth-order valence-electron chi connectivity index (χ4n) is 3.05. The first kappa shape index (κ1) is 29.7. The van der Waals surface area contributed by atoms with Crippen LogP contribution >= 0.6 is 23.2 Å². The second-order valence-corrected chi connectivity index (χ2v) is 8.28. The maximum atomic E-state index is 14.9. The number of urea groups is 1. The normalized spacial score (nSPS) is 13.4. The maximum Gasteiger partial charge on any atom is 0.392 e. The molecule has 3 N–H and O–H groups in total. The van der Waals surface area contributed by atoms with E-state index in [1.165, 1.54) is 32.2 Å². The van der Waals surface area contributed by atoms with E-state index in [1.54, 1.807) is 0 Å². The van der Waals surface area contributed by atoms with Gasteiger partial charge in [0.25, 0.3) is 6.43 Å². The van der Waals surface area contributed by atoms with Gasteiger partial charge in [0.15, 0.2) is 0 Å². The number of hydrogen-bond donors (Lipinski definition) is 3. The van der Waals surface area contributed by atoms with Crippen molar-refractivity contribution in [3.8, 4) is 16.9 Å². The van der Waals surface area contributed by atoms with E-state index in [0.29, 0.717) is 5.01 Å². The standard InChI is InChI=1S/C21H22Cl2F6N4O3/c1-3-33(32-17(34)7-21(27,28)29)20(35)31-10(2)18-15(24)4-11(8-30-18)13-5-12(22)6-14(23)19(13)36-9-16(25)26/h4-6,8,10,16-17,32,34H,3,7,9H2,1-2H3,(H,31,35)/t10-,17?/m1/s1. The first-order valence-corrected chi connectivity index (χ1v) is 11.1. The minimum atomic E-state index is -4.66. The van der Waals surface area contributed by atoms with Crippen LogP contribution in [0.25, 0.3) is 11.1 Å². The lowest BCUT2D eigenvalue weighted by atomic mass is 10.0. The van der Waals surface area contributed by atoms with Gasteiger partial charge >= 0.3 is 12.2 Å². The molecule has 0 saturated carbocycles. The molecule has 0 aliphatic rings. The van der Waals surface area contributed by atoms with Gasteiger partial charge < -0.3 is 15.2 Å². The zero-order valence-electron chi connectivity index (χ0n) is 18.8. The molecule has 1 aromatic heterocycles. The van der Waals surface area contributed by atoms with Gasteiger partial charge in [-0.1, -0.05) is 23.2 Å². The van der Waals surface area contributed by atoms with Crippen LogP contribution in [0.3, 0.4) is 0 Å². The van der Waals surface area contributed by atoms with Gasteiger partial charge in [-0.3, -0.25) is 9.99 Å². The van der Waals surface area contributed by atoms with Crippen LogP contribution in [0.2, 0.25) is 10.0 Å². The van der Waals surface area contributed by atoms with Crippen LogP contribution in [-0.2, 0) is 0 Å². The van der Waals surface area contributed by atoms with Crippen molar-refractivity contribution in [3.05, 3.63) is 46.0 Å². The number of amides is 2. The third-order valence-electron chi connectivity index (χ3n) is 4.58. The Bertz CT molecular complexity index is 1060. The second kappa shape index (κ2) is 12.7. The molecular weight excluding hydrogens is 541 g/mol. The van der Waals surface area contributed by atoms with Crippen LogP contribution in [-0.4, -0.2) is 53.1 Å². The smallest absolute Gasteiger partial charge is 0.392 e. The number of aliphatic hydroxyl groups is 1. The molecule has 2 aromatic rings. The molecule has 200 valence electrons. The minimum absolute atomic E-state index is 0.0804. The first-order valence-electron chi connectivity index (χ1n) is 10.4. The van der Waals surface area contributed by atoms with Gasteiger partial charge in [-0.25, -0.2) is 23.4 Å². The van der Waals surface area contributed by atoms with Gasteiger partial charge in [-0.15, -0.1) is 0 Å². The quantitative estimate of drug-likeness (QED) is 0.196. The number of ether oxygens (including phenoxy) is 1. The fraction of sp³-hybridized carbons (Fsp3) is 0.429. The van der Waals surface area contributed by atoms with Gasteiger partial charge in [-0.05, 0) is 32.0 Å². The van der Waals surface area contributed by atoms with Crippen LogP contribution in [0.5, 0.6) is 5.75 Å². The van der Waals surface area contributed by atoms with Crippen LogP contribution in [0, 0.1) is 5.82 Å². The van der Waals surface area contributed by atoms with Gasteiger partial charge in [0, 0.05) is 28.9 Å². The highest BCUT2D eigenvalue weighted by Crippen LogP contribution is 2.39. The van der Waals surface area contributed by atoms with Crippen molar-refractivity contribution in [1.29, 1.82) is 0 Å². The van der Waals surface area contributed by atoms with Gasteiger partial charge in [0.05, 0.1) is 23.2 Å². The van der Waals surface area contributed by atoms with Crippen molar-refractivity contribution >= 4 is 29.2 Å². The molecule has 0 bridgehead atoms. The third kappa shape index (κ3) is 8.57. The highest BCUT2D eigenvalue weighted by molar-refractivity contribution is 6.36. The maximum absolute atomic E-state index is 14.9. The predicted octanol–water partition coefficient (Wildman–Crippen LogP) is 5.71. The summed E-state index contributed by atoms with van der Waals surface area (Å²) in [5.41, 5.74) is 1.97. The molecule has 2 rings (SSSR count). The van der Waals surface area contributed by atoms with Crippen molar-refractivity contribution < 1.29 is 41.0 Å². The van der Waals surface area contributed by atoms with Crippen molar-refractivity contribution in [3.63, 3.8) is 0 Å². The van der Waals surface area contributed by atoms with E-state index in [-0.39, 0.29) is 39.2 Å². The Hall–Kier alpha value is -2.48. The molecule has 2 atom stereocenters. The number of aliphatic hydroxyl groups excluding tert-OH is 1. The minimum Gasteiger partial charge on any atom is -0.485 e. The predicted molar refractivity (Wildman–Crippen MR) is 120 cm³/mol. The topological polar surface area (TPSA) is 86.7 Å². The van der Waals surface area contributed by atoms with Crippen molar-refractivity contribution in [2.45, 2.75) is 45.1 Å². The Labute approximate surface area is 212 Å². The molecule has 1 heterocycles. The fourth-order valence-corrected chi connectivity index (χ4v) is 3.60. The summed E-state index contributed by atoms with van der Waals surface area (Å²) in [6.45, 7) is 1.72. The van der Waals surface area contributed by atoms with Crippen LogP contribution < -0.4 is 15.5 Å². The Balaban J connectivity index is 2.21. The molecule has 1 aromatic carbocycles. The van der Waals surface area contributed by atoms with Gasteiger partial charge in [-0.2, -0.15) is 13.2 Å². The Morgan fingerprint density at radius 3 is 2.47 bits per heavy atom. The molecule has 36 heavy (non-hydrogen) atoms. The van der Waals surface area contributed by atoms with E-state index in [1.807, 2.05) is 5.43 Å². The summed E-state index contributed by atoms with van der Waals surface area (Å²) in [6.07, 6.45) is -9.95. The summed E-state index contributed by atoms with van der Waals surface area (Å²) < 4.78 is 82.5. The summed E-state index contributed by atoms with van der Waals surface area (Å²) in [5, 5.41) is 12.6. The van der Waals surface area contributed by atoms with Crippen LogP contribution in [0.1, 0.15) is 32.0 Å². The van der Waals surface area contributed by atoms with Crippen molar-refractivity contribution in [1.82, 2.24) is 20.7 Å². The third-order valence-corrected chi connectivity index (χ3v) is 5.08. The van der Waals surface area contributed by atoms with E-state index in [4.69, 9.17) is 27.9 Å². The van der Waals surface area contributed by atoms with Crippen molar-refractivity contribution in [2.75, 3.05) is 13.2 Å². The zero-order chi connectivity index (χ0) is 27.2. The molecular formula is C21H22Cl2F6N4O3. The van der Waals surface area contributed by atoms with E-state index in [0.717, 1.165) is 6.07 Å². The highest BCUT2D eigenvalue weighted by atomic mass is 35.5. The number of carbonyl (C=O) groups excluding carboxylic acids is 1. The highest BCUT2D eigenvalue weighted by Gasteiger charge is 2.32. The lowest BCUT2D eigenvalue weighted by molar-refractivity contribution is -0.162. The molecule has 0 radical (unpaired) electrons. The van der Waals surface area contributed by atoms with E-state index < -0.39 is 49.7 Å². The molecule has 0 aliphatic carbocycles. The average Bonchev–Trinajstić information content (AvgIpc) is 2.74. The Morgan fingerprint density at radius 1 is 1.25 bits per heavy atom. The SMILES string of the molecule is CCN(NC(O)CC(F)(F)F)C(=O)N[C@H](C)c1ncc(-c2cc(Cl)cc(Cl)c2OCC(F)F)cc1F. The summed E-state index contributed by atoms with van der Waals surface area (Å²) in [4.78, 5) is 16.4. The Morgan fingerprint density at radius 2 is 1.92 bits per heavy atom. The van der Waals surface area contributed by atoms with Gasteiger partial charge in [0.1, 0.15) is 24.4 Å². The zero-order valence-corrected chi connectivity index (χ0v) is 20.4.